The van der Waals surface area contributed by atoms with E-state index in [4.69, 9.17) is 14.2 Å². The van der Waals surface area contributed by atoms with E-state index < -0.39 is 23.8 Å². The van der Waals surface area contributed by atoms with E-state index in [2.05, 4.69) is 26.2 Å². The van der Waals surface area contributed by atoms with Crippen molar-refractivity contribution in [3.05, 3.63) is 65.1 Å². The Kier molecular flexibility index (Phi) is 9.88. The monoisotopic (exact) mass is 626 g/mol. The molecule has 2 heterocycles. The first kappa shape index (κ1) is 27.7. The van der Waals surface area contributed by atoms with Crippen LogP contribution in [0.4, 0.5) is 9.18 Å². The smallest absolute Gasteiger partial charge is 0.490 e. The van der Waals surface area contributed by atoms with Gasteiger partial charge in [0.2, 0.25) is 0 Å². The molecule has 0 aliphatic carbocycles. The van der Waals surface area contributed by atoms with Crippen LogP contribution < -0.4 is 9.47 Å². The first-order valence-corrected chi connectivity index (χ1v) is 14.7. The van der Waals surface area contributed by atoms with Crippen LogP contribution in [0, 0.1) is 5.82 Å². The summed E-state index contributed by atoms with van der Waals surface area (Å²) in [6, 6.07) is 8.71. The summed E-state index contributed by atoms with van der Waals surface area (Å²) in [7, 11) is 1.53. The van der Waals surface area contributed by atoms with Gasteiger partial charge in [-0.25, -0.2) is 9.18 Å². The predicted molar refractivity (Wildman–Crippen MR) is 143 cm³/mol. The van der Waals surface area contributed by atoms with Crippen molar-refractivity contribution in [1.82, 2.24) is 9.88 Å². The number of hydrogen-bond acceptors (Lipinski definition) is 8. The zero-order valence-electron chi connectivity index (χ0n) is 19.9. The number of carbonyl (C=O) groups is 3. The molecule has 0 spiro atoms. The molecule has 1 aliphatic rings. The van der Waals surface area contributed by atoms with Gasteiger partial charge in [0.25, 0.3) is 11.8 Å². The number of nitrogens with zero attached hydrogens (tertiary/aromatic N) is 2. The Hall–Kier alpha value is -2.93. The second-order valence-electron chi connectivity index (χ2n) is 7.08. The molecule has 0 saturated carbocycles. The summed E-state index contributed by atoms with van der Waals surface area (Å²) < 4.78 is 29.6. The fourth-order valence-electron chi connectivity index (χ4n) is 3.59. The van der Waals surface area contributed by atoms with Gasteiger partial charge in [0.05, 0.1) is 19.8 Å². The van der Waals surface area contributed by atoms with Crippen molar-refractivity contribution < 1.29 is 33.0 Å². The highest BCUT2D eigenvalue weighted by Crippen LogP contribution is 2.44. The molecule has 11 heteroatoms. The standard InChI is InChI=1S/C23H18FIN2O6S.C2H6/c1-2-31-23(30)33-19-15-4-3-9-26-18(15)20(32-10-11-34-25)17-16(19)21(28)27(22(17)29)12-13-5-7-14(24)8-6-13;1-2/h3-9H,2,10-12H2,1H3;1-2H3. The molecule has 4 rings (SSSR count). The third-order valence-electron chi connectivity index (χ3n) is 5.00. The molecule has 8 nitrogen and oxygen atoms in total. The van der Waals surface area contributed by atoms with Gasteiger partial charge in [-0.2, -0.15) is 0 Å². The fraction of sp³-hybridized carbons (Fsp3) is 0.280. The Bertz CT molecular complexity index is 1270. The number of fused-ring (bicyclic) bond motifs is 2. The van der Waals surface area contributed by atoms with Crippen molar-refractivity contribution in [3.63, 3.8) is 0 Å². The van der Waals surface area contributed by atoms with E-state index in [1.165, 1.54) is 39.4 Å². The number of imide groups is 1. The molecule has 1 aromatic heterocycles. The lowest BCUT2D eigenvalue weighted by Crippen LogP contribution is -2.29. The summed E-state index contributed by atoms with van der Waals surface area (Å²) in [6.07, 6.45) is 0.502. The zero-order chi connectivity index (χ0) is 26.2. The number of halogens is 2. The van der Waals surface area contributed by atoms with Crippen LogP contribution in [-0.4, -0.2) is 46.8 Å². The number of benzene rings is 2. The normalized spacial score (nSPS) is 12.2. The summed E-state index contributed by atoms with van der Waals surface area (Å²) >= 11 is 2.13. The molecule has 1 aliphatic heterocycles. The molecule has 0 unspecified atom stereocenters. The molecule has 2 amide bonds. The van der Waals surface area contributed by atoms with Gasteiger partial charge in [-0.1, -0.05) is 34.9 Å². The third-order valence-corrected chi connectivity index (χ3v) is 6.64. The van der Waals surface area contributed by atoms with E-state index >= 15 is 0 Å². The lowest BCUT2D eigenvalue weighted by atomic mass is 10.0. The Balaban J connectivity index is 0.00000176. The first-order valence-electron chi connectivity index (χ1n) is 11.2. The molecule has 0 atom stereocenters. The van der Waals surface area contributed by atoms with Crippen LogP contribution in [0.3, 0.4) is 0 Å². The maximum Gasteiger partial charge on any atom is 0.513 e. The minimum Gasteiger partial charge on any atom is -0.490 e. The van der Waals surface area contributed by atoms with E-state index in [0.717, 1.165) is 4.90 Å². The van der Waals surface area contributed by atoms with Crippen molar-refractivity contribution in [2.45, 2.75) is 27.3 Å². The molecule has 3 aromatic rings. The summed E-state index contributed by atoms with van der Waals surface area (Å²) in [4.78, 5) is 44.5. The number of amides is 2. The summed E-state index contributed by atoms with van der Waals surface area (Å²) in [5.41, 5.74) is 0.702. The average molecular weight is 626 g/mol. The van der Waals surface area contributed by atoms with E-state index in [1.54, 1.807) is 19.1 Å². The Labute approximate surface area is 224 Å². The molecular formula is C25H24FIN2O6S. The highest BCUT2D eigenvalue weighted by Gasteiger charge is 2.43. The van der Waals surface area contributed by atoms with Crippen LogP contribution in [0.2, 0.25) is 0 Å². The lowest BCUT2D eigenvalue weighted by Gasteiger charge is -2.15. The topological polar surface area (TPSA) is 95.0 Å². The molecule has 0 N–H and O–H groups in total. The number of aromatic nitrogens is 1. The predicted octanol–water partition coefficient (Wildman–Crippen LogP) is 6.19. The molecule has 2 aromatic carbocycles. The van der Waals surface area contributed by atoms with Gasteiger partial charge in [0.15, 0.2) is 11.5 Å². The van der Waals surface area contributed by atoms with Crippen molar-refractivity contribution >= 4 is 59.0 Å². The van der Waals surface area contributed by atoms with Crippen LogP contribution in [0.25, 0.3) is 10.9 Å². The molecule has 0 fully saturated rings. The van der Waals surface area contributed by atoms with E-state index in [9.17, 15) is 18.8 Å². The molecule has 190 valence electrons. The number of ether oxygens (including phenoxy) is 3. The summed E-state index contributed by atoms with van der Waals surface area (Å²) in [5, 5.41) is 0.330. The van der Waals surface area contributed by atoms with Gasteiger partial charge in [0.1, 0.15) is 22.5 Å². The van der Waals surface area contributed by atoms with Crippen LogP contribution in [0.5, 0.6) is 11.5 Å². The van der Waals surface area contributed by atoms with Gasteiger partial charge in [-0.15, -0.1) is 0 Å². The van der Waals surface area contributed by atoms with Gasteiger partial charge < -0.3 is 14.2 Å². The van der Waals surface area contributed by atoms with Crippen molar-refractivity contribution in [3.8, 4) is 11.5 Å². The summed E-state index contributed by atoms with van der Waals surface area (Å²) in [6.45, 7) is 5.85. The Morgan fingerprint density at radius 2 is 1.75 bits per heavy atom. The third kappa shape index (κ3) is 5.72. The fourth-order valence-corrected chi connectivity index (χ4v) is 4.27. The largest absolute Gasteiger partial charge is 0.513 e. The van der Waals surface area contributed by atoms with Crippen LogP contribution in [0.1, 0.15) is 47.1 Å². The van der Waals surface area contributed by atoms with E-state index in [1.807, 2.05) is 13.8 Å². The highest BCUT2D eigenvalue weighted by molar-refractivity contribution is 14.2. The SMILES string of the molecule is CC.CCOC(=O)Oc1c2c(c(OCCSI)c3ncccc13)C(=O)N(Cc1ccc(F)cc1)C2=O. The molecule has 0 saturated heterocycles. The maximum atomic E-state index is 13.5. The van der Waals surface area contributed by atoms with Crippen molar-refractivity contribution in [2.24, 2.45) is 0 Å². The number of carbonyl (C=O) groups excluding carboxylic acids is 3. The number of rotatable bonds is 8. The second-order valence-corrected chi connectivity index (χ2v) is 9.57. The van der Waals surface area contributed by atoms with Gasteiger partial charge >= 0.3 is 6.16 Å². The Morgan fingerprint density at radius 1 is 1.08 bits per heavy atom. The highest BCUT2D eigenvalue weighted by atomic mass is 127. The quantitative estimate of drug-likeness (QED) is 0.0961. The molecule has 0 bridgehead atoms. The van der Waals surface area contributed by atoms with Crippen LogP contribution in [-0.2, 0) is 11.3 Å². The summed E-state index contributed by atoms with van der Waals surface area (Å²) in [5.74, 6) is -1.06. The van der Waals surface area contributed by atoms with Gasteiger partial charge in [0, 0.05) is 17.3 Å². The number of hydrogen-bond donors (Lipinski definition) is 0. The minimum absolute atomic E-state index is 0.0314. The molecule has 0 radical (unpaired) electrons. The second kappa shape index (κ2) is 12.9. The molecule has 36 heavy (non-hydrogen) atoms. The maximum absolute atomic E-state index is 13.5. The average Bonchev–Trinajstić information content (AvgIpc) is 3.13. The number of pyridine rings is 1. The van der Waals surface area contributed by atoms with Crippen LogP contribution in [0.15, 0.2) is 42.6 Å². The Morgan fingerprint density at radius 3 is 2.39 bits per heavy atom. The van der Waals surface area contributed by atoms with E-state index in [-0.39, 0.29) is 47.9 Å². The minimum atomic E-state index is -1.01. The van der Waals surface area contributed by atoms with Crippen LogP contribution >= 0.6 is 30.1 Å². The lowest BCUT2D eigenvalue weighted by molar-refractivity contribution is 0.0640. The van der Waals surface area contributed by atoms with Gasteiger partial charge in [-0.3, -0.25) is 19.5 Å². The molecular weight excluding hydrogens is 602 g/mol. The van der Waals surface area contributed by atoms with E-state index in [0.29, 0.717) is 16.7 Å². The van der Waals surface area contributed by atoms with Gasteiger partial charge in [-0.05, 0) is 58.0 Å². The zero-order valence-corrected chi connectivity index (χ0v) is 22.9. The van der Waals surface area contributed by atoms with Crippen molar-refractivity contribution in [2.75, 3.05) is 19.0 Å². The van der Waals surface area contributed by atoms with Crippen molar-refractivity contribution in [1.29, 1.82) is 0 Å². The first-order chi connectivity index (χ1) is 17.5.